The minimum atomic E-state index is -0.424. The molecule has 0 radical (unpaired) electrons. The highest BCUT2D eigenvalue weighted by Gasteiger charge is 2.38. The van der Waals surface area contributed by atoms with Crippen molar-refractivity contribution in [3.8, 4) is 6.07 Å². The Morgan fingerprint density at radius 2 is 2.00 bits per heavy atom. The predicted octanol–water partition coefficient (Wildman–Crippen LogP) is 2.92. The molecule has 1 aliphatic heterocycles. The van der Waals surface area contributed by atoms with E-state index in [1.54, 1.807) is 0 Å². The number of hydrogen-bond acceptors (Lipinski definition) is 3. The van der Waals surface area contributed by atoms with Crippen LogP contribution in [0.5, 0.6) is 0 Å². The highest BCUT2D eigenvalue weighted by atomic mass is 15.2. The first-order chi connectivity index (χ1) is 8.20. The Morgan fingerprint density at radius 1 is 1.39 bits per heavy atom. The molecule has 0 saturated carbocycles. The van der Waals surface area contributed by atoms with Crippen molar-refractivity contribution in [2.75, 3.05) is 6.54 Å². The van der Waals surface area contributed by atoms with Crippen molar-refractivity contribution in [1.82, 2.24) is 10.2 Å². The van der Waals surface area contributed by atoms with Gasteiger partial charge in [0, 0.05) is 17.6 Å². The van der Waals surface area contributed by atoms with E-state index in [-0.39, 0.29) is 5.54 Å². The molecule has 0 aromatic rings. The molecule has 0 bridgehead atoms. The van der Waals surface area contributed by atoms with Gasteiger partial charge in [-0.15, -0.1) is 0 Å². The molecule has 0 amide bonds. The standard InChI is InChI=1S/C15H29N3/c1-12(2)17-15(6,11-16)10-13(3)18-9-7-8-14(18,4)5/h12-13,17H,7-10H2,1-6H3. The fourth-order valence-corrected chi connectivity index (χ4v) is 3.42. The van der Waals surface area contributed by atoms with Crippen molar-refractivity contribution in [1.29, 1.82) is 5.26 Å². The predicted molar refractivity (Wildman–Crippen MR) is 76.4 cm³/mol. The van der Waals surface area contributed by atoms with Gasteiger partial charge in [-0.25, -0.2) is 0 Å². The lowest BCUT2D eigenvalue weighted by molar-refractivity contribution is 0.105. The third-order valence-electron chi connectivity index (χ3n) is 4.05. The van der Waals surface area contributed by atoms with Crippen LogP contribution in [0.15, 0.2) is 0 Å². The van der Waals surface area contributed by atoms with Crippen molar-refractivity contribution in [2.45, 2.75) is 84.0 Å². The van der Waals surface area contributed by atoms with Crippen molar-refractivity contribution in [3.05, 3.63) is 0 Å². The Bertz CT molecular complexity index is 316. The Kier molecular flexibility index (Phi) is 4.80. The maximum atomic E-state index is 9.42. The molecule has 1 rings (SSSR count). The van der Waals surface area contributed by atoms with E-state index in [4.69, 9.17) is 0 Å². The number of nitriles is 1. The Morgan fingerprint density at radius 3 is 2.39 bits per heavy atom. The molecular formula is C15H29N3. The summed E-state index contributed by atoms with van der Waals surface area (Å²) in [6.45, 7) is 14.3. The van der Waals surface area contributed by atoms with E-state index in [2.05, 4.69) is 50.9 Å². The van der Waals surface area contributed by atoms with Crippen LogP contribution >= 0.6 is 0 Å². The maximum Gasteiger partial charge on any atom is 0.105 e. The number of nitrogens with zero attached hydrogens (tertiary/aromatic N) is 2. The van der Waals surface area contributed by atoms with Crippen LogP contribution in [-0.2, 0) is 0 Å². The first-order valence-corrected chi connectivity index (χ1v) is 7.16. The van der Waals surface area contributed by atoms with E-state index < -0.39 is 5.54 Å². The van der Waals surface area contributed by atoms with Gasteiger partial charge in [-0.2, -0.15) is 5.26 Å². The lowest BCUT2D eigenvalue weighted by Gasteiger charge is -2.40. The van der Waals surface area contributed by atoms with Crippen LogP contribution in [0.3, 0.4) is 0 Å². The van der Waals surface area contributed by atoms with Gasteiger partial charge in [0.25, 0.3) is 0 Å². The molecule has 18 heavy (non-hydrogen) atoms. The van der Waals surface area contributed by atoms with Crippen molar-refractivity contribution in [3.63, 3.8) is 0 Å². The molecule has 0 aromatic carbocycles. The van der Waals surface area contributed by atoms with Crippen molar-refractivity contribution in [2.24, 2.45) is 0 Å². The molecule has 1 saturated heterocycles. The molecule has 104 valence electrons. The smallest absolute Gasteiger partial charge is 0.105 e. The van der Waals surface area contributed by atoms with Gasteiger partial charge >= 0.3 is 0 Å². The summed E-state index contributed by atoms with van der Waals surface area (Å²) >= 11 is 0. The van der Waals surface area contributed by atoms with E-state index in [1.807, 2.05) is 6.92 Å². The largest absolute Gasteiger partial charge is 0.297 e. The minimum absolute atomic E-state index is 0.285. The molecule has 0 spiro atoms. The van der Waals surface area contributed by atoms with Crippen molar-refractivity contribution >= 4 is 0 Å². The number of hydrogen-bond donors (Lipinski definition) is 1. The van der Waals surface area contributed by atoms with Crippen molar-refractivity contribution < 1.29 is 0 Å². The minimum Gasteiger partial charge on any atom is -0.297 e. The van der Waals surface area contributed by atoms with Crippen LogP contribution in [0, 0.1) is 11.3 Å². The topological polar surface area (TPSA) is 39.1 Å². The van der Waals surface area contributed by atoms with Gasteiger partial charge in [0.05, 0.1) is 6.07 Å². The maximum absolute atomic E-state index is 9.42. The zero-order valence-corrected chi connectivity index (χ0v) is 12.9. The fraction of sp³-hybridized carbons (Fsp3) is 0.933. The van der Waals surface area contributed by atoms with Crippen LogP contribution in [0.4, 0.5) is 0 Å². The van der Waals surface area contributed by atoms with Gasteiger partial charge in [0.15, 0.2) is 0 Å². The summed E-state index contributed by atoms with van der Waals surface area (Å²) in [6, 6.07) is 3.24. The van der Waals surface area contributed by atoms with E-state index >= 15 is 0 Å². The Hall–Kier alpha value is -0.590. The summed E-state index contributed by atoms with van der Waals surface area (Å²) in [6.07, 6.45) is 3.42. The third kappa shape index (κ3) is 3.70. The Labute approximate surface area is 113 Å². The zero-order chi connectivity index (χ0) is 14.0. The van der Waals surface area contributed by atoms with Crippen LogP contribution < -0.4 is 5.32 Å². The third-order valence-corrected chi connectivity index (χ3v) is 4.05. The normalized spacial score (nSPS) is 24.8. The van der Waals surface area contributed by atoms with Gasteiger partial charge in [-0.1, -0.05) is 0 Å². The van der Waals surface area contributed by atoms with Crippen LogP contribution in [-0.4, -0.2) is 34.6 Å². The molecular weight excluding hydrogens is 222 g/mol. The highest BCUT2D eigenvalue weighted by molar-refractivity contribution is 5.07. The van der Waals surface area contributed by atoms with Crippen LogP contribution in [0.1, 0.15) is 60.8 Å². The van der Waals surface area contributed by atoms with Gasteiger partial charge in [0.1, 0.15) is 5.54 Å². The SMILES string of the molecule is CC(C)NC(C)(C#N)CC(C)N1CCCC1(C)C. The molecule has 3 nitrogen and oxygen atoms in total. The molecule has 1 aliphatic rings. The number of nitrogens with one attached hydrogen (secondary N) is 1. The molecule has 2 atom stereocenters. The second-order valence-corrected chi connectivity index (χ2v) is 6.91. The summed E-state index contributed by atoms with van der Waals surface area (Å²) in [5.41, 5.74) is -0.139. The summed E-state index contributed by atoms with van der Waals surface area (Å²) in [7, 11) is 0. The monoisotopic (exact) mass is 251 g/mol. The molecule has 0 aliphatic carbocycles. The summed E-state index contributed by atoms with van der Waals surface area (Å²) in [4.78, 5) is 2.56. The second-order valence-electron chi connectivity index (χ2n) is 6.91. The first-order valence-electron chi connectivity index (χ1n) is 7.16. The number of likely N-dealkylation sites (tertiary alicyclic amines) is 1. The van der Waals surface area contributed by atoms with Crippen LogP contribution in [0.2, 0.25) is 0 Å². The number of rotatable bonds is 5. The van der Waals surface area contributed by atoms with Crippen LogP contribution in [0.25, 0.3) is 0 Å². The van der Waals surface area contributed by atoms with Gasteiger partial charge < -0.3 is 0 Å². The van der Waals surface area contributed by atoms with Gasteiger partial charge in [0.2, 0.25) is 0 Å². The first kappa shape index (κ1) is 15.5. The van der Waals surface area contributed by atoms with E-state index in [0.29, 0.717) is 12.1 Å². The summed E-state index contributed by atoms with van der Waals surface area (Å²) in [5.74, 6) is 0. The van der Waals surface area contributed by atoms with E-state index in [1.165, 1.54) is 12.8 Å². The van der Waals surface area contributed by atoms with Gasteiger partial charge in [-0.3, -0.25) is 10.2 Å². The zero-order valence-electron chi connectivity index (χ0n) is 12.9. The van der Waals surface area contributed by atoms with E-state index in [0.717, 1.165) is 13.0 Å². The lowest BCUT2D eigenvalue weighted by atomic mass is 9.91. The highest BCUT2D eigenvalue weighted by Crippen LogP contribution is 2.32. The fourth-order valence-electron chi connectivity index (χ4n) is 3.42. The molecule has 3 heteroatoms. The van der Waals surface area contributed by atoms with Gasteiger partial charge in [-0.05, 0) is 67.3 Å². The molecule has 2 unspecified atom stereocenters. The molecule has 1 N–H and O–H groups in total. The Balaban J connectivity index is 2.68. The quantitative estimate of drug-likeness (QED) is 0.816. The molecule has 1 heterocycles. The molecule has 0 aromatic heterocycles. The summed E-state index contributed by atoms with van der Waals surface area (Å²) in [5, 5.41) is 12.8. The lowest BCUT2D eigenvalue weighted by Crippen LogP contribution is -2.52. The molecule has 1 fully saturated rings. The summed E-state index contributed by atoms with van der Waals surface area (Å²) < 4.78 is 0. The average molecular weight is 251 g/mol. The van der Waals surface area contributed by atoms with E-state index in [9.17, 15) is 5.26 Å². The second kappa shape index (κ2) is 5.59. The average Bonchev–Trinajstić information content (AvgIpc) is 2.56.